The molecule has 0 aliphatic carbocycles. The lowest BCUT2D eigenvalue weighted by Crippen LogP contribution is -2.39. The lowest BCUT2D eigenvalue weighted by Gasteiger charge is -2.23. The van der Waals surface area contributed by atoms with Crippen LogP contribution < -0.4 is 10.6 Å². The zero-order valence-electron chi connectivity index (χ0n) is 33.4. The van der Waals surface area contributed by atoms with Crippen molar-refractivity contribution in [2.75, 3.05) is 46.1 Å². The number of rotatable bonds is 31. The Bertz CT molecular complexity index is 1440. The molecule has 1 amide bonds. The van der Waals surface area contributed by atoms with E-state index < -0.39 is 0 Å². The van der Waals surface area contributed by atoms with Crippen LogP contribution in [0.3, 0.4) is 0 Å². The lowest BCUT2D eigenvalue weighted by atomic mass is 10.0. The number of nitrogens with zero attached hydrogens (tertiary/aromatic N) is 5. The Balaban J connectivity index is 1.39. The molecule has 2 heterocycles. The number of carbonyl (C=O) groups excluding carboxylic acids is 2. The summed E-state index contributed by atoms with van der Waals surface area (Å²) in [5.41, 5.74) is 8.68. The standard InChI is InChI=1S/C43H72N6O3/c1-5-7-9-10-11-12-13-14-15-16-17-18-19-20-21-22-30-38(50)43(51)48(34-27-32-47(3)4)33-25-26-35-52-49-39(31-8-6-2)46-40-41(49)36-28-23-24-29-37(36)45-42(40)44/h23-24,28-29H,5-22,25-27,30-35H2,1-4H3,(H2,44,45). The molecule has 0 spiro atoms. The van der Waals surface area contributed by atoms with Crippen LogP contribution >= 0.6 is 0 Å². The number of Topliss-reactive ketones (excluding diaryl/α,β-unsaturated/α-hetero) is 1. The number of nitrogens with two attached hydrogens (primary N) is 1. The molecular weight excluding hydrogens is 649 g/mol. The summed E-state index contributed by atoms with van der Waals surface area (Å²) in [6, 6.07) is 7.94. The van der Waals surface area contributed by atoms with Crippen molar-refractivity contribution in [2.24, 2.45) is 0 Å². The smallest absolute Gasteiger partial charge is 0.289 e. The Morgan fingerprint density at radius 1 is 0.692 bits per heavy atom. The molecule has 0 atom stereocenters. The Morgan fingerprint density at radius 2 is 1.27 bits per heavy atom. The van der Waals surface area contributed by atoms with E-state index in [-0.39, 0.29) is 11.7 Å². The van der Waals surface area contributed by atoms with Crippen LogP contribution in [0.4, 0.5) is 5.82 Å². The molecule has 9 heteroatoms. The summed E-state index contributed by atoms with van der Waals surface area (Å²) in [5.74, 6) is 0.694. The predicted molar refractivity (Wildman–Crippen MR) is 218 cm³/mol. The highest BCUT2D eigenvalue weighted by Crippen LogP contribution is 2.28. The van der Waals surface area contributed by atoms with E-state index >= 15 is 0 Å². The molecule has 0 aliphatic heterocycles. The zero-order chi connectivity index (χ0) is 37.4. The number of fused-ring (bicyclic) bond motifs is 3. The van der Waals surface area contributed by atoms with Crippen LogP contribution in [0.25, 0.3) is 21.9 Å². The number of hydrogen-bond acceptors (Lipinski definition) is 7. The van der Waals surface area contributed by atoms with Crippen molar-refractivity contribution in [3.05, 3.63) is 30.1 Å². The number of nitrogen functional groups attached to an aromatic ring is 1. The number of para-hydroxylation sites is 1. The summed E-state index contributed by atoms with van der Waals surface area (Å²) in [6.45, 7) is 6.92. The first-order valence-electron chi connectivity index (χ1n) is 21.0. The number of imidazole rings is 1. The molecule has 2 N–H and O–H groups in total. The number of hydrogen-bond donors (Lipinski definition) is 1. The van der Waals surface area contributed by atoms with Gasteiger partial charge in [-0.1, -0.05) is 135 Å². The van der Waals surface area contributed by atoms with Crippen LogP contribution in [-0.4, -0.2) is 76.5 Å². The summed E-state index contributed by atoms with van der Waals surface area (Å²) in [5, 5.41) is 0.961. The van der Waals surface area contributed by atoms with Gasteiger partial charge in [0.25, 0.3) is 5.91 Å². The van der Waals surface area contributed by atoms with Gasteiger partial charge in [0.15, 0.2) is 5.82 Å². The van der Waals surface area contributed by atoms with Gasteiger partial charge in [0.2, 0.25) is 5.78 Å². The van der Waals surface area contributed by atoms with Gasteiger partial charge >= 0.3 is 0 Å². The summed E-state index contributed by atoms with van der Waals surface area (Å²) >= 11 is 0. The molecule has 0 fully saturated rings. The summed E-state index contributed by atoms with van der Waals surface area (Å²) in [4.78, 5) is 46.0. The van der Waals surface area contributed by atoms with Crippen LogP contribution in [0.15, 0.2) is 24.3 Å². The zero-order valence-corrected chi connectivity index (χ0v) is 33.4. The number of aromatic nitrogens is 3. The van der Waals surface area contributed by atoms with Gasteiger partial charge in [-0.2, -0.15) is 4.73 Å². The fourth-order valence-electron chi connectivity index (χ4n) is 7.02. The molecular formula is C43H72N6O3. The third-order valence-electron chi connectivity index (χ3n) is 10.2. The van der Waals surface area contributed by atoms with Crippen LogP contribution in [0.5, 0.6) is 0 Å². The second-order valence-corrected chi connectivity index (χ2v) is 15.1. The predicted octanol–water partition coefficient (Wildman–Crippen LogP) is 9.72. The van der Waals surface area contributed by atoms with Gasteiger partial charge < -0.3 is 20.4 Å². The van der Waals surface area contributed by atoms with Crippen LogP contribution in [0.2, 0.25) is 0 Å². The first-order chi connectivity index (χ1) is 25.4. The largest absolute Gasteiger partial charge is 0.412 e. The molecule has 2 aromatic heterocycles. The number of ketones is 1. The number of benzene rings is 1. The first-order valence-corrected chi connectivity index (χ1v) is 21.0. The van der Waals surface area contributed by atoms with Crippen LogP contribution in [-0.2, 0) is 16.0 Å². The molecule has 0 saturated heterocycles. The minimum absolute atomic E-state index is 0.241. The fraction of sp³-hybridized carbons (Fsp3) is 0.721. The molecule has 292 valence electrons. The third-order valence-corrected chi connectivity index (χ3v) is 10.2. The van der Waals surface area contributed by atoms with Crippen molar-refractivity contribution >= 4 is 39.4 Å². The van der Waals surface area contributed by atoms with Gasteiger partial charge in [-0.15, -0.1) is 0 Å². The van der Waals surface area contributed by atoms with Gasteiger partial charge in [0.05, 0.1) is 5.52 Å². The lowest BCUT2D eigenvalue weighted by molar-refractivity contribution is -0.144. The molecule has 3 aromatic rings. The molecule has 0 aliphatic rings. The third kappa shape index (κ3) is 15.4. The fourth-order valence-corrected chi connectivity index (χ4v) is 7.02. The van der Waals surface area contributed by atoms with E-state index in [9.17, 15) is 9.59 Å². The van der Waals surface area contributed by atoms with Gasteiger partial charge in [0, 0.05) is 31.3 Å². The Hall–Kier alpha value is -3.20. The van der Waals surface area contributed by atoms with E-state index in [0.29, 0.717) is 37.5 Å². The van der Waals surface area contributed by atoms with Crippen molar-refractivity contribution in [3.8, 4) is 0 Å². The number of anilines is 1. The average molecular weight is 721 g/mol. The van der Waals surface area contributed by atoms with E-state index in [2.05, 4.69) is 23.7 Å². The Kier molecular flexibility index (Phi) is 21.4. The number of carbonyl (C=O) groups is 2. The van der Waals surface area contributed by atoms with Gasteiger partial charge in [-0.05, 0) is 58.8 Å². The maximum Gasteiger partial charge on any atom is 0.289 e. The number of amides is 1. The van der Waals surface area contributed by atoms with E-state index in [1.165, 1.54) is 83.5 Å². The van der Waals surface area contributed by atoms with Crippen molar-refractivity contribution in [1.29, 1.82) is 0 Å². The molecule has 3 rings (SSSR count). The van der Waals surface area contributed by atoms with Gasteiger partial charge in [0.1, 0.15) is 23.5 Å². The van der Waals surface area contributed by atoms with E-state index in [1.54, 1.807) is 4.90 Å². The van der Waals surface area contributed by atoms with Crippen molar-refractivity contribution in [2.45, 2.75) is 162 Å². The minimum atomic E-state index is -0.322. The van der Waals surface area contributed by atoms with E-state index in [1.807, 2.05) is 43.1 Å². The maximum absolute atomic E-state index is 13.3. The van der Waals surface area contributed by atoms with E-state index in [4.69, 9.17) is 15.6 Å². The van der Waals surface area contributed by atoms with Crippen molar-refractivity contribution in [3.63, 3.8) is 0 Å². The van der Waals surface area contributed by atoms with Crippen LogP contribution in [0.1, 0.15) is 161 Å². The minimum Gasteiger partial charge on any atom is -0.412 e. The quantitative estimate of drug-likeness (QED) is 0.0521. The topological polar surface area (TPSA) is 107 Å². The highest BCUT2D eigenvalue weighted by molar-refractivity contribution is 6.36. The van der Waals surface area contributed by atoms with Crippen molar-refractivity contribution in [1.82, 2.24) is 24.5 Å². The molecule has 0 unspecified atom stereocenters. The molecule has 0 saturated carbocycles. The SMILES string of the molecule is CCCCCCCCCCCCCCCCCCC(=O)C(=O)N(CCCCOn1c(CCCC)nc2c(N)nc3ccccc3c21)CCCN(C)C. The molecule has 0 radical (unpaired) electrons. The monoisotopic (exact) mass is 721 g/mol. The molecule has 52 heavy (non-hydrogen) atoms. The highest BCUT2D eigenvalue weighted by atomic mass is 16.7. The maximum atomic E-state index is 13.3. The molecule has 1 aromatic carbocycles. The van der Waals surface area contributed by atoms with Gasteiger partial charge in [-0.3, -0.25) is 9.59 Å². The summed E-state index contributed by atoms with van der Waals surface area (Å²) in [7, 11) is 4.07. The number of aryl methyl sites for hydroxylation is 1. The van der Waals surface area contributed by atoms with Crippen molar-refractivity contribution < 1.29 is 14.4 Å². The number of unbranched alkanes of at least 4 members (excludes halogenated alkanes) is 17. The molecule has 9 nitrogen and oxygen atoms in total. The Labute approximate surface area is 315 Å². The number of pyridine rings is 1. The Morgan fingerprint density at radius 3 is 1.88 bits per heavy atom. The summed E-state index contributed by atoms with van der Waals surface area (Å²) in [6.07, 6.45) is 26.2. The molecule has 0 bridgehead atoms. The summed E-state index contributed by atoms with van der Waals surface area (Å²) < 4.78 is 1.85. The average Bonchev–Trinajstić information content (AvgIpc) is 3.51. The second-order valence-electron chi connectivity index (χ2n) is 15.1. The first kappa shape index (κ1) is 43.2. The highest BCUT2D eigenvalue weighted by Gasteiger charge is 2.22. The van der Waals surface area contributed by atoms with Crippen LogP contribution in [0, 0.1) is 0 Å². The van der Waals surface area contributed by atoms with E-state index in [0.717, 1.165) is 86.6 Å². The van der Waals surface area contributed by atoms with Gasteiger partial charge in [-0.25, -0.2) is 9.97 Å². The second kappa shape index (κ2) is 25.7. The normalized spacial score (nSPS) is 11.6.